The first-order valence-electron chi connectivity index (χ1n) is 7.97. The molecule has 3 aromatic rings. The lowest BCUT2D eigenvalue weighted by Crippen LogP contribution is -2.22. The summed E-state index contributed by atoms with van der Waals surface area (Å²) in [4.78, 5) is 17.7. The Morgan fingerprint density at radius 1 is 1.11 bits per heavy atom. The smallest absolute Gasteiger partial charge is 0.406 e. The van der Waals surface area contributed by atoms with Crippen LogP contribution >= 0.6 is 11.3 Å². The standard InChI is InChI=1S/C19H15F3N2O2S/c1-12-16(27-18(24-12)14-5-3-2-4-6-14)11-23-17(25)13-7-9-15(10-8-13)26-19(20,21)22/h2-10H,11H2,1H3,(H,23,25). The molecular formula is C19H15F3N2O2S. The molecule has 8 heteroatoms. The van der Waals surface area contributed by atoms with E-state index in [4.69, 9.17) is 0 Å². The van der Waals surface area contributed by atoms with Gasteiger partial charge in [-0.3, -0.25) is 4.79 Å². The number of hydrogen-bond acceptors (Lipinski definition) is 4. The summed E-state index contributed by atoms with van der Waals surface area (Å²) in [7, 11) is 0. The van der Waals surface area contributed by atoms with Crippen LogP contribution in [0.25, 0.3) is 10.6 Å². The molecule has 0 aliphatic carbocycles. The Bertz CT molecular complexity index is 922. The number of thiazole rings is 1. The molecule has 0 spiro atoms. The number of rotatable bonds is 5. The Labute approximate surface area is 157 Å². The minimum Gasteiger partial charge on any atom is -0.406 e. The van der Waals surface area contributed by atoms with Crippen molar-refractivity contribution in [3.63, 3.8) is 0 Å². The summed E-state index contributed by atoms with van der Waals surface area (Å²) in [5, 5.41) is 3.62. The van der Waals surface area contributed by atoms with Crippen LogP contribution in [0.2, 0.25) is 0 Å². The quantitative estimate of drug-likeness (QED) is 0.669. The molecule has 140 valence electrons. The molecule has 0 fully saturated rings. The predicted molar refractivity (Wildman–Crippen MR) is 96.6 cm³/mol. The number of alkyl halides is 3. The fourth-order valence-electron chi connectivity index (χ4n) is 2.37. The van der Waals surface area contributed by atoms with Crippen LogP contribution in [0.5, 0.6) is 5.75 Å². The minimum absolute atomic E-state index is 0.245. The predicted octanol–water partition coefficient (Wildman–Crippen LogP) is 4.95. The van der Waals surface area contributed by atoms with Gasteiger partial charge in [-0.15, -0.1) is 24.5 Å². The van der Waals surface area contributed by atoms with Crippen LogP contribution in [0.3, 0.4) is 0 Å². The van der Waals surface area contributed by atoms with Crippen molar-refractivity contribution in [2.24, 2.45) is 0 Å². The average molecular weight is 392 g/mol. The highest BCUT2D eigenvalue weighted by Gasteiger charge is 2.31. The third-order valence-electron chi connectivity index (χ3n) is 3.67. The maximum atomic E-state index is 12.2. The van der Waals surface area contributed by atoms with Crippen LogP contribution in [0.15, 0.2) is 54.6 Å². The molecule has 1 amide bonds. The maximum absolute atomic E-state index is 12.2. The summed E-state index contributed by atoms with van der Waals surface area (Å²) in [5.41, 5.74) is 2.08. The van der Waals surface area contributed by atoms with Gasteiger partial charge in [0.15, 0.2) is 0 Å². The molecule has 4 nitrogen and oxygen atoms in total. The van der Waals surface area contributed by atoms with Crippen molar-refractivity contribution >= 4 is 17.2 Å². The number of aromatic nitrogens is 1. The van der Waals surface area contributed by atoms with E-state index in [0.29, 0.717) is 0 Å². The molecule has 3 rings (SSSR count). The Morgan fingerprint density at radius 2 is 1.78 bits per heavy atom. The molecule has 1 N–H and O–H groups in total. The molecule has 1 aromatic heterocycles. The number of aryl methyl sites for hydroxylation is 1. The summed E-state index contributed by atoms with van der Waals surface area (Å²) < 4.78 is 40.3. The van der Waals surface area contributed by atoms with E-state index < -0.39 is 6.36 Å². The first-order valence-corrected chi connectivity index (χ1v) is 8.79. The largest absolute Gasteiger partial charge is 0.573 e. The minimum atomic E-state index is -4.76. The van der Waals surface area contributed by atoms with E-state index in [1.165, 1.54) is 23.5 Å². The lowest BCUT2D eigenvalue weighted by Gasteiger charge is -2.09. The third-order valence-corrected chi connectivity index (χ3v) is 4.88. The van der Waals surface area contributed by atoms with Crippen LogP contribution < -0.4 is 10.1 Å². The molecule has 0 saturated heterocycles. The van der Waals surface area contributed by atoms with Crippen molar-refractivity contribution in [3.8, 4) is 16.3 Å². The summed E-state index contributed by atoms with van der Waals surface area (Å²) >= 11 is 1.49. The molecule has 0 radical (unpaired) electrons. The molecule has 0 bridgehead atoms. The normalized spacial score (nSPS) is 11.3. The number of ether oxygens (including phenoxy) is 1. The summed E-state index contributed by atoms with van der Waals surface area (Å²) in [5.74, 6) is -0.757. The van der Waals surface area contributed by atoms with E-state index in [9.17, 15) is 18.0 Å². The molecular weight excluding hydrogens is 377 g/mol. The molecule has 0 atom stereocenters. The Kier molecular flexibility index (Phi) is 5.46. The highest BCUT2D eigenvalue weighted by molar-refractivity contribution is 7.15. The van der Waals surface area contributed by atoms with Crippen molar-refractivity contribution in [2.45, 2.75) is 19.8 Å². The fourth-order valence-corrected chi connectivity index (χ4v) is 3.37. The molecule has 0 aliphatic rings. The van der Waals surface area contributed by atoms with Gasteiger partial charge in [-0.1, -0.05) is 30.3 Å². The van der Waals surface area contributed by atoms with Crippen LogP contribution in [0.4, 0.5) is 13.2 Å². The second-order valence-corrected chi connectivity index (χ2v) is 6.73. The van der Waals surface area contributed by atoms with Gasteiger partial charge in [0.25, 0.3) is 5.91 Å². The number of amides is 1. The van der Waals surface area contributed by atoms with E-state index in [2.05, 4.69) is 15.0 Å². The van der Waals surface area contributed by atoms with Gasteiger partial charge in [-0.05, 0) is 31.2 Å². The molecule has 0 saturated carbocycles. The Morgan fingerprint density at radius 3 is 2.41 bits per heavy atom. The second kappa shape index (κ2) is 7.79. The highest BCUT2D eigenvalue weighted by Crippen LogP contribution is 2.28. The SMILES string of the molecule is Cc1nc(-c2ccccc2)sc1CNC(=O)c1ccc(OC(F)(F)F)cc1. The third kappa shape index (κ3) is 5.07. The van der Waals surface area contributed by atoms with E-state index in [-0.39, 0.29) is 23.8 Å². The zero-order chi connectivity index (χ0) is 19.4. The number of nitrogens with one attached hydrogen (secondary N) is 1. The van der Waals surface area contributed by atoms with Crippen LogP contribution in [-0.4, -0.2) is 17.3 Å². The molecule has 1 heterocycles. The van der Waals surface area contributed by atoms with Gasteiger partial charge in [0, 0.05) is 16.0 Å². The zero-order valence-electron chi connectivity index (χ0n) is 14.2. The number of carbonyl (C=O) groups is 1. The van der Waals surface area contributed by atoms with Crippen LogP contribution in [0, 0.1) is 6.92 Å². The first-order chi connectivity index (χ1) is 12.8. The molecule has 27 heavy (non-hydrogen) atoms. The number of carbonyl (C=O) groups excluding carboxylic acids is 1. The van der Waals surface area contributed by atoms with Gasteiger partial charge in [-0.2, -0.15) is 0 Å². The maximum Gasteiger partial charge on any atom is 0.573 e. The number of hydrogen-bond donors (Lipinski definition) is 1. The highest BCUT2D eigenvalue weighted by atomic mass is 32.1. The number of benzene rings is 2. The van der Waals surface area contributed by atoms with Crippen molar-refractivity contribution in [1.29, 1.82) is 0 Å². The van der Waals surface area contributed by atoms with Gasteiger partial charge in [-0.25, -0.2) is 4.98 Å². The van der Waals surface area contributed by atoms with Gasteiger partial charge in [0.1, 0.15) is 10.8 Å². The molecule has 0 aliphatic heterocycles. The Hall–Kier alpha value is -2.87. The van der Waals surface area contributed by atoms with Gasteiger partial charge in [0.2, 0.25) is 0 Å². The lowest BCUT2D eigenvalue weighted by molar-refractivity contribution is -0.274. The summed E-state index contributed by atoms with van der Waals surface area (Å²) in [6.45, 7) is 2.16. The van der Waals surface area contributed by atoms with Gasteiger partial charge in [0.05, 0.1) is 12.2 Å². The zero-order valence-corrected chi connectivity index (χ0v) is 15.0. The van der Waals surface area contributed by atoms with Gasteiger partial charge < -0.3 is 10.1 Å². The molecule has 2 aromatic carbocycles. The second-order valence-electron chi connectivity index (χ2n) is 5.65. The van der Waals surface area contributed by atoms with E-state index in [1.807, 2.05) is 37.3 Å². The summed E-state index contributed by atoms with van der Waals surface area (Å²) in [6, 6.07) is 14.5. The van der Waals surface area contributed by atoms with Crippen LogP contribution in [0.1, 0.15) is 20.9 Å². The number of nitrogens with zero attached hydrogens (tertiary/aromatic N) is 1. The van der Waals surface area contributed by atoms with Crippen LogP contribution in [-0.2, 0) is 6.54 Å². The van der Waals surface area contributed by atoms with E-state index >= 15 is 0 Å². The lowest BCUT2D eigenvalue weighted by atomic mass is 10.2. The Balaban J connectivity index is 1.63. The van der Waals surface area contributed by atoms with Crippen molar-refractivity contribution in [3.05, 3.63) is 70.7 Å². The summed E-state index contributed by atoms with van der Waals surface area (Å²) in [6.07, 6.45) is -4.76. The van der Waals surface area contributed by atoms with Crippen molar-refractivity contribution < 1.29 is 22.7 Å². The van der Waals surface area contributed by atoms with Crippen molar-refractivity contribution in [1.82, 2.24) is 10.3 Å². The average Bonchev–Trinajstić information content (AvgIpc) is 3.00. The monoisotopic (exact) mass is 392 g/mol. The molecule has 0 unspecified atom stereocenters. The van der Waals surface area contributed by atoms with E-state index in [1.54, 1.807) is 0 Å². The van der Waals surface area contributed by atoms with E-state index in [0.717, 1.165) is 33.3 Å². The van der Waals surface area contributed by atoms with Crippen molar-refractivity contribution in [2.75, 3.05) is 0 Å². The topological polar surface area (TPSA) is 51.2 Å². The first kappa shape index (κ1) is 18.9. The fraction of sp³-hybridized carbons (Fsp3) is 0.158. The van der Waals surface area contributed by atoms with Gasteiger partial charge >= 0.3 is 6.36 Å². The number of halogens is 3.